The molecular formula is C16H18N4. The van der Waals surface area contributed by atoms with Crippen LogP contribution in [0.25, 0.3) is 11.0 Å². The highest BCUT2D eigenvalue weighted by atomic mass is 15.1. The summed E-state index contributed by atoms with van der Waals surface area (Å²) in [5.74, 6) is 0.830. The number of nitrogens with zero attached hydrogens (tertiary/aromatic N) is 3. The molecule has 1 N–H and O–H groups in total. The molecule has 0 aliphatic carbocycles. The minimum atomic E-state index is 0.190. The van der Waals surface area contributed by atoms with Gasteiger partial charge < -0.3 is 9.88 Å². The first-order valence-corrected chi connectivity index (χ1v) is 6.74. The van der Waals surface area contributed by atoms with E-state index < -0.39 is 0 Å². The predicted octanol–water partition coefficient (Wildman–Crippen LogP) is 3.45. The number of fused-ring (bicyclic) bond motifs is 1. The lowest BCUT2D eigenvalue weighted by Gasteiger charge is -2.15. The molecule has 0 saturated carbocycles. The molecule has 0 spiro atoms. The molecule has 0 fully saturated rings. The Morgan fingerprint density at radius 2 is 1.85 bits per heavy atom. The molecule has 20 heavy (non-hydrogen) atoms. The summed E-state index contributed by atoms with van der Waals surface area (Å²) >= 11 is 0. The molecule has 0 amide bonds. The number of imidazole rings is 1. The van der Waals surface area contributed by atoms with E-state index in [0.29, 0.717) is 0 Å². The summed E-state index contributed by atoms with van der Waals surface area (Å²) in [6, 6.07) is 10.7. The van der Waals surface area contributed by atoms with Gasteiger partial charge in [0.1, 0.15) is 5.52 Å². The van der Waals surface area contributed by atoms with E-state index in [4.69, 9.17) is 0 Å². The van der Waals surface area contributed by atoms with Crippen molar-refractivity contribution in [2.45, 2.75) is 19.9 Å². The Balaban J connectivity index is 1.91. The summed E-state index contributed by atoms with van der Waals surface area (Å²) in [6.45, 7) is 4.23. The molecule has 102 valence electrons. The molecule has 4 heteroatoms. The zero-order valence-corrected chi connectivity index (χ0v) is 12.0. The van der Waals surface area contributed by atoms with Gasteiger partial charge in [-0.3, -0.25) is 0 Å². The van der Waals surface area contributed by atoms with Crippen LogP contribution in [0.3, 0.4) is 0 Å². The number of aromatic nitrogens is 3. The molecule has 0 aliphatic rings. The zero-order valence-electron chi connectivity index (χ0n) is 12.0. The van der Waals surface area contributed by atoms with Gasteiger partial charge in [-0.25, -0.2) is 9.97 Å². The Morgan fingerprint density at radius 1 is 1.10 bits per heavy atom. The van der Waals surface area contributed by atoms with E-state index in [1.165, 1.54) is 11.1 Å². The number of hydrogen-bond donors (Lipinski definition) is 1. The van der Waals surface area contributed by atoms with E-state index in [-0.39, 0.29) is 6.04 Å². The fourth-order valence-electron chi connectivity index (χ4n) is 2.31. The Hall–Kier alpha value is -2.36. The van der Waals surface area contributed by atoms with Gasteiger partial charge in [-0.1, -0.05) is 29.8 Å². The Morgan fingerprint density at radius 3 is 2.60 bits per heavy atom. The number of nitrogens with one attached hydrogen (secondary N) is 1. The van der Waals surface area contributed by atoms with Crippen molar-refractivity contribution in [2.24, 2.45) is 7.05 Å². The lowest BCUT2D eigenvalue weighted by Crippen LogP contribution is -2.08. The van der Waals surface area contributed by atoms with Crippen molar-refractivity contribution in [2.75, 3.05) is 5.32 Å². The second kappa shape index (κ2) is 4.96. The first-order valence-electron chi connectivity index (χ1n) is 6.74. The number of anilines is 1. The highest BCUT2D eigenvalue weighted by Gasteiger charge is 2.10. The van der Waals surface area contributed by atoms with Gasteiger partial charge in [0.25, 0.3) is 0 Å². The van der Waals surface area contributed by atoms with Gasteiger partial charge >= 0.3 is 0 Å². The lowest BCUT2D eigenvalue weighted by atomic mass is 10.1. The van der Waals surface area contributed by atoms with E-state index in [0.717, 1.165) is 16.9 Å². The van der Waals surface area contributed by atoms with Crippen LogP contribution in [0.4, 0.5) is 5.82 Å². The Kier molecular flexibility index (Phi) is 3.14. The van der Waals surface area contributed by atoms with Crippen LogP contribution < -0.4 is 5.32 Å². The summed E-state index contributed by atoms with van der Waals surface area (Å²) < 4.78 is 2.00. The van der Waals surface area contributed by atoms with Gasteiger partial charge in [-0.15, -0.1) is 0 Å². The normalized spacial score (nSPS) is 12.6. The average molecular weight is 266 g/mol. The van der Waals surface area contributed by atoms with E-state index in [9.17, 15) is 0 Å². The van der Waals surface area contributed by atoms with Crippen molar-refractivity contribution in [3.63, 3.8) is 0 Å². The molecule has 1 unspecified atom stereocenters. The summed E-state index contributed by atoms with van der Waals surface area (Å²) in [6.07, 6.45) is 3.63. The maximum absolute atomic E-state index is 4.42. The fraction of sp³-hybridized carbons (Fsp3) is 0.250. The van der Waals surface area contributed by atoms with E-state index in [1.54, 1.807) is 0 Å². The van der Waals surface area contributed by atoms with Gasteiger partial charge in [0, 0.05) is 13.2 Å². The SMILES string of the molecule is Cc1ccc(C(C)Nc2nccc3c2ncn3C)cc1. The molecule has 0 saturated heterocycles. The van der Waals surface area contributed by atoms with E-state index in [1.807, 2.05) is 30.2 Å². The summed E-state index contributed by atoms with van der Waals surface area (Å²) in [7, 11) is 1.99. The molecule has 1 atom stereocenters. The maximum atomic E-state index is 4.42. The zero-order chi connectivity index (χ0) is 14.1. The second-order valence-corrected chi connectivity index (χ2v) is 5.16. The smallest absolute Gasteiger partial charge is 0.154 e. The minimum Gasteiger partial charge on any atom is -0.362 e. The molecule has 3 aromatic rings. The fourth-order valence-corrected chi connectivity index (χ4v) is 2.31. The standard InChI is InChI=1S/C16H18N4/c1-11-4-6-13(7-5-11)12(2)19-16-15-14(8-9-17-16)20(3)10-18-15/h4-10,12H,1-3H3,(H,17,19). The third-order valence-electron chi connectivity index (χ3n) is 3.57. The monoisotopic (exact) mass is 266 g/mol. The predicted molar refractivity (Wildman–Crippen MR) is 81.7 cm³/mol. The minimum absolute atomic E-state index is 0.190. The summed E-state index contributed by atoms with van der Waals surface area (Å²) in [5, 5.41) is 3.45. The number of aryl methyl sites for hydroxylation is 2. The van der Waals surface area contributed by atoms with Gasteiger partial charge in [-0.2, -0.15) is 0 Å². The first-order chi connectivity index (χ1) is 9.65. The summed E-state index contributed by atoms with van der Waals surface area (Å²) in [5.41, 5.74) is 4.50. The molecule has 0 aliphatic heterocycles. The van der Waals surface area contributed by atoms with Crippen LogP contribution in [0.1, 0.15) is 24.1 Å². The highest BCUT2D eigenvalue weighted by molar-refractivity contribution is 5.85. The van der Waals surface area contributed by atoms with Crippen molar-refractivity contribution in [3.05, 3.63) is 54.0 Å². The Bertz CT molecular complexity index is 728. The van der Waals surface area contributed by atoms with E-state index >= 15 is 0 Å². The average Bonchev–Trinajstić information content (AvgIpc) is 2.82. The quantitative estimate of drug-likeness (QED) is 0.789. The number of rotatable bonds is 3. The van der Waals surface area contributed by atoms with Crippen LogP contribution >= 0.6 is 0 Å². The van der Waals surface area contributed by atoms with Crippen LogP contribution in [0.5, 0.6) is 0 Å². The largest absolute Gasteiger partial charge is 0.362 e. The van der Waals surface area contributed by atoms with Crippen LogP contribution in [0.2, 0.25) is 0 Å². The third-order valence-corrected chi connectivity index (χ3v) is 3.57. The van der Waals surface area contributed by atoms with Crippen LogP contribution in [-0.4, -0.2) is 14.5 Å². The number of benzene rings is 1. The van der Waals surface area contributed by atoms with E-state index in [2.05, 4.69) is 53.4 Å². The molecule has 2 heterocycles. The Labute approximate surface area is 118 Å². The van der Waals surface area contributed by atoms with Crippen LogP contribution in [-0.2, 0) is 7.05 Å². The van der Waals surface area contributed by atoms with Crippen molar-refractivity contribution < 1.29 is 0 Å². The molecule has 1 aromatic carbocycles. The topological polar surface area (TPSA) is 42.7 Å². The lowest BCUT2D eigenvalue weighted by molar-refractivity contribution is 0.876. The first kappa shape index (κ1) is 12.7. The third kappa shape index (κ3) is 2.25. The van der Waals surface area contributed by atoms with Gasteiger partial charge in [0.2, 0.25) is 0 Å². The van der Waals surface area contributed by atoms with Crippen molar-refractivity contribution in [1.82, 2.24) is 14.5 Å². The summed E-state index contributed by atoms with van der Waals surface area (Å²) in [4.78, 5) is 8.83. The van der Waals surface area contributed by atoms with Gasteiger partial charge in [0.05, 0.1) is 17.9 Å². The molecule has 2 aromatic heterocycles. The highest BCUT2D eigenvalue weighted by Crippen LogP contribution is 2.23. The van der Waals surface area contributed by atoms with Crippen LogP contribution in [0.15, 0.2) is 42.9 Å². The van der Waals surface area contributed by atoms with Crippen molar-refractivity contribution in [1.29, 1.82) is 0 Å². The van der Waals surface area contributed by atoms with Crippen molar-refractivity contribution >= 4 is 16.9 Å². The number of hydrogen-bond acceptors (Lipinski definition) is 3. The van der Waals surface area contributed by atoms with Gasteiger partial charge in [-0.05, 0) is 25.5 Å². The van der Waals surface area contributed by atoms with Crippen molar-refractivity contribution in [3.8, 4) is 0 Å². The molecule has 0 radical (unpaired) electrons. The molecular weight excluding hydrogens is 248 g/mol. The molecule has 3 rings (SSSR count). The van der Waals surface area contributed by atoms with Gasteiger partial charge in [0.15, 0.2) is 5.82 Å². The van der Waals surface area contributed by atoms with Crippen LogP contribution in [0, 0.1) is 6.92 Å². The maximum Gasteiger partial charge on any atom is 0.154 e. The molecule has 0 bridgehead atoms. The molecule has 4 nitrogen and oxygen atoms in total. The number of pyridine rings is 1. The second-order valence-electron chi connectivity index (χ2n) is 5.16.